The van der Waals surface area contributed by atoms with Crippen molar-refractivity contribution in [2.75, 3.05) is 6.61 Å². The van der Waals surface area contributed by atoms with Gasteiger partial charge in [-0.05, 0) is 12.8 Å². The zero-order valence-electron chi connectivity index (χ0n) is 8.56. The summed E-state index contributed by atoms with van der Waals surface area (Å²) >= 11 is 0. The SMILES string of the molecule is CC1OCC(NCc2ccno2)C1C. The number of hydrogen-bond donors (Lipinski definition) is 1. The van der Waals surface area contributed by atoms with Crippen molar-refractivity contribution in [1.82, 2.24) is 10.5 Å². The van der Waals surface area contributed by atoms with Gasteiger partial charge in [0.2, 0.25) is 0 Å². The third-order valence-corrected chi connectivity index (χ3v) is 2.94. The average molecular weight is 196 g/mol. The van der Waals surface area contributed by atoms with Gasteiger partial charge in [-0.1, -0.05) is 12.1 Å². The highest BCUT2D eigenvalue weighted by Crippen LogP contribution is 2.20. The minimum atomic E-state index is 0.349. The number of aromatic nitrogens is 1. The molecule has 2 heterocycles. The Kier molecular flexibility index (Phi) is 2.84. The molecule has 0 aromatic carbocycles. The highest BCUT2D eigenvalue weighted by Gasteiger charge is 2.30. The van der Waals surface area contributed by atoms with E-state index in [1.807, 2.05) is 6.07 Å². The van der Waals surface area contributed by atoms with Gasteiger partial charge in [-0.25, -0.2) is 0 Å². The van der Waals surface area contributed by atoms with E-state index in [1.165, 1.54) is 0 Å². The lowest BCUT2D eigenvalue weighted by Crippen LogP contribution is -2.34. The van der Waals surface area contributed by atoms with Crippen molar-refractivity contribution >= 4 is 0 Å². The molecule has 1 aliphatic rings. The van der Waals surface area contributed by atoms with Crippen LogP contribution in [0.15, 0.2) is 16.8 Å². The van der Waals surface area contributed by atoms with Gasteiger partial charge < -0.3 is 14.6 Å². The predicted octanol–water partition coefficient (Wildman–Crippen LogP) is 1.19. The van der Waals surface area contributed by atoms with Crippen molar-refractivity contribution in [3.05, 3.63) is 18.0 Å². The molecule has 1 N–H and O–H groups in total. The maximum absolute atomic E-state index is 5.54. The Morgan fingerprint density at radius 3 is 3.00 bits per heavy atom. The molecule has 1 fully saturated rings. The van der Waals surface area contributed by atoms with Crippen LogP contribution in [0.2, 0.25) is 0 Å². The third-order valence-electron chi connectivity index (χ3n) is 2.94. The predicted molar refractivity (Wildman–Crippen MR) is 51.7 cm³/mol. The number of ether oxygens (including phenoxy) is 1. The van der Waals surface area contributed by atoms with Crippen LogP contribution in [0, 0.1) is 5.92 Å². The lowest BCUT2D eigenvalue weighted by atomic mass is 10.0. The van der Waals surface area contributed by atoms with Crippen LogP contribution in [0.4, 0.5) is 0 Å². The van der Waals surface area contributed by atoms with Crippen LogP contribution in [0.1, 0.15) is 19.6 Å². The molecular weight excluding hydrogens is 180 g/mol. The van der Waals surface area contributed by atoms with E-state index in [1.54, 1.807) is 6.20 Å². The number of nitrogens with one attached hydrogen (secondary N) is 1. The Morgan fingerprint density at radius 1 is 1.57 bits per heavy atom. The van der Waals surface area contributed by atoms with Crippen molar-refractivity contribution in [2.45, 2.75) is 32.5 Å². The number of hydrogen-bond acceptors (Lipinski definition) is 4. The van der Waals surface area contributed by atoms with Gasteiger partial charge in [0.25, 0.3) is 0 Å². The summed E-state index contributed by atoms with van der Waals surface area (Å²) in [6, 6.07) is 2.30. The molecule has 0 amide bonds. The standard InChI is InChI=1S/C10H16N2O2/c1-7-8(2)13-6-10(7)11-5-9-3-4-12-14-9/h3-4,7-8,10-11H,5-6H2,1-2H3. The molecule has 4 nitrogen and oxygen atoms in total. The first kappa shape index (κ1) is 9.68. The zero-order chi connectivity index (χ0) is 9.97. The number of rotatable bonds is 3. The molecule has 1 aromatic heterocycles. The summed E-state index contributed by atoms with van der Waals surface area (Å²) in [5.41, 5.74) is 0. The van der Waals surface area contributed by atoms with E-state index >= 15 is 0 Å². The van der Waals surface area contributed by atoms with Crippen LogP contribution in [-0.2, 0) is 11.3 Å². The molecule has 1 saturated heterocycles. The highest BCUT2D eigenvalue weighted by atomic mass is 16.5. The Labute approximate surface area is 83.6 Å². The van der Waals surface area contributed by atoms with Crippen LogP contribution >= 0.6 is 0 Å². The minimum absolute atomic E-state index is 0.349. The first-order chi connectivity index (χ1) is 6.77. The van der Waals surface area contributed by atoms with Crippen LogP contribution in [0.25, 0.3) is 0 Å². The van der Waals surface area contributed by atoms with Crippen LogP contribution < -0.4 is 5.32 Å². The molecule has 4 heteroatoms. The van der Waals surface area contributed by atoms with Crippen LogP contribution in [0.3, 0.4) is 0 Å². The molecule has 0 aliphatic carbocycles. The topological polar surface area (TPSA) is 47.3 Å². The van der Waals surface area contributed by atoms with Gasteiger partial charge in [0.05, 0.1) is 25.5 Å². The van der Waals surface area contributed by atoms with Gasteiger partial charge in [0.15, 0.2) is 0 Å². The summed E-state index contributed by atoms with van der Waals surface area (Å²) in [4.78, 5) is 0. The molecule has 0 radical (unpaired) electrons. The summed E-state index contributed by atoms with van der Waals surface area (Å²) < 4.78 is 10.5. The Balaban J connectivity index is 1.81. The molecule has 2 rings (SSSR count). The monoisotopic (exact) mass is 196 g/mol. The van der Waals surface area contributed by atoms with Gasteiger partial charge in [-0.15, -0.1) is 0 Å². The Hall–Kier alpha value is -0.870. The maximum atomic E-state index is 5.54. The third kappa shape index (κ3) is 1.96. The second-order valence-electron chi connectivity index (χ2n) is 3.86. The summed E-state index contributed by atoms with van der Waals surface area (Å²) in [7, 11) is 0. The van der Waals surface area contributed by atoms with E-state index in [4.69, 9.17) is 9.26 Å². The Bertz CT molecular complexity index is 274. The lowest BCUT2D eigenvalue weighted by molar-refractivity contribution is 0.108. The fourth-order valence-electron chi connectivity index (χ4n) is 1.70. The minimum Gasteiger partial charge on any atom is -0.377 e. The van der Waals surface area contributed by atoms with Gasteiger partial charge in [-0.2, -0.15) is 0 Å². The summed E-state index contributed by atoms with van der Waals surface area (Å²) in [6.07, 6.45) is 2.01. The van der Waals surface area contributed by atoms with E-state index in [0.29, 0.717) is 18.1 Å². The fraction of sp³-hybridized carbons (Fsp3) is 0.700. The highest BCUT2D eigenvalue weighted by molar-refractivity contribution is 4.94. The quantitative estimate of drug-likeness (QED) is 0.788. The second kappa shape index (κ2) is 4.11. The molecule has 0 spiro atoms. The van der Waals surface area contributed by atoms with Crippen molar-refractivity contribution in [3.63, 3.8) is 0 Å². The normalized spacial score (nSPS) is 32.3. The van der Waals surface area contributed by atoms with E-state index in [9.17, 15) is 0 Å². The van der Waals surface area contributed by atoms with E-state index < -0.39 is 0 Å². The molecule has 1 aliphatic heterocycles. The maximum Gasteiger partial charge on any atom is 0.150 e. The van der Waals surface area contributed by atoms with E-state index in [2.05, 4.69) is 24.3 Å². The van der Waals surface area contributed by atoms with Crippen molar-refractivity contribution in [1.29, 1.82) is 0 Å². The van der Waals surface area contributed by atoms with Crippen molar-refractivity contribution in [3.8, 4) is 0 Å². The molecule has 0 saturated carbocycles. The molecular formula is C10H16N2O2. The molecule has 1 aromatic rings. The first-order valence-corrected chi connectivity index (χ1v) is 5.02. The number of nitrogens with zero attached hydrogens (tertiary/aromatic N) is 1. The largest absolute Gasteiger partial charge is 0.377 e. The first-order valence-electron chi connectivity index (χ1n) is 5.02. The molecule has 78 valence electrons. The fourth-order valence-corrected chi connectivity index (χ4v) is 1.70. The molecule has 3 atom stereocenters. The van der Waals surface area contributed by atoms with E-state index in [-0.39, 0.29) is 0 Å². The van der Waals surface area contributed by atoms with Crippen LogP contribution in [-0.4, -0.2) is 23.9 Å². The lowest BCUT2D eigenvalue weighted by Gasteiger charge is -2.15. The summed E-state index contributed by atoms with van der Waals surface area (Å²) in [6.45, 7) is 5.83. The van der Waals surface area contributed by atoms with Gasteiger partial charge in [-0.3, -0.25) is 0 Å². The molecule has 14 heavy (non-hydrogen) atoms. The Morgan fingerprint density at radius 2 is 2.43 bits per heavy atom. The van der Waals surface area contributed by atoms with Gasteiger partial charge in [0.1, 0.15) is 5.76 Å². The summed E-state index contributed by atoms with van der Waals surface area (Å²) in [5, 5.41) is 7.06. The smallest absolute Gasteiger partial charge is 0.150 e. The van der Waals surface area contributed by atoms with Crippen LogP contribution in [0.5, 0.6) is 0 Å². The van der Waals surface area contributed by atoms with Gasteiger partial charge >= 0.3 is 0 Å². The molecule has 0 bridgehead atoms. The second-order valence-corrected chi connectivity index (χ2v) is 3.86. The molecule has 3 unspecified atom stereocenters. The van der Waals surface area contributed by atoms with Gasteiger partial charge in [0, 0.05) is 12.1 Å². The van der Waals surface area contributed by atoms with Crippen molar-refractivity contribution < 1.29 is 9.26 Å². The summed E-state index contributed by atoms with van der Waals surface area (Å²) in [5.74, 6) is 1.43. The van der Waals surface area contributed by atoms with Crippen molar-refractivity contribution in [2.24, 2.45) is 5.92 Å². The zero-order valence-corrected chi connectivity index (χ0v) is 8.56. The average Bonchev–Trinajstić information content (AvgIpc) is 2.77. The van der Waals surface area contributed by atoms with E-state index in [0.717, 1.165) is 18.9 Å².